The maximum absolute atomic E-state index is 12.6. The number of hydrogen-bond donors (Lipinski definition) is 0. The van der Waals surface area contributed by atoms with Crippen LogP contribution in [0.1, 0.15) is 5.56 Å². The Labute approximate surface area is 135 Å². The van der Waals surface area contributed by atoms with E-state index in [1.165, 1.54) is 0 Å². The van der Waals surface area contributed by atoms with Crippen LogP contribution in [0.4, 0.5) is 0 Å². The summed E-state index contributed by atoms with van der Waals surface area (Å²) in [4.78, 5) is 14.8. The van der Waals surface area contributed by atoms with E-state index < -0.39 is 0 Å². The van der Waals surface area contributed by atoms with Crippen molar-refractivity contribution >= 4 is 0 Å². The molecule has 2 heterocycles. The summed E-state index contributed by atoms with van der Waals surface area (Å²) in [5.41, 5.74) is 1.80. The minimum atomic E-state index is -0.220. The number of morpholine rings is 1. The van der Waals surface area contributed by atoms with Crippen LogP contribution in [0.15, 0.2) is 47.3 Å². The molecule has 118 valence electrons. The summed E-state index contributed by atoms with van der Waals surface area (Å²) in [6.45, 7) is 4.58. The molecule has 2 aromatic rings. The SMILES string of the molecule is N#Cc1ccc(-c2ccccc2)n(CCN2CCOCC2)c1=O. The fourth-order valence-corrected chi connectivity index (χ4v) is 2.81. The summed E-state index contributed by atoms with van der Waals surface area (Å²) in [5.74, 6) is 0. The van der Waals surface area contributed by atoms with Gasteiger partial charge in [0.15, 0.2) is 0 Å². The first-order valence-electron chi connectivity index (χ1n) is 7.79. The largest absolute Gasteiger partial charge is 0.379 e. The third-order valence-electron chi connectivity index (χ3n) is 4.11. The molecule has 0 radical (unpaired) electrons. The Kier molecular flexibility index (Phi) is 4.86. The molecule has 1 aromatic heterocycles. The standard InChI is InChI=1S/C18H19N3O2/c19-14-16-6-7-17(15-4-2-1-3-5-15)21(18(16)22)9-8-20-10-12-23-13-11-20/h1-7H,8-13H2. The van der Waals surface area contributed by atoms with Crippen molar-refractivity contribution in [3.63, 3.8) is 0 Å². The zero-order valence-corrected chi connectivity index (χ0v) is 12.9. The van der Waals surface area contributed by atoms with E-state index in [0.717, 1.165) is 44.1 Å². The molecule has 5 heteroatoms. The van der Waals surface area contributed by atoms with Crippen LogP contribution >= 0.6 is 0 Å². The Morgan fingerprint density at radius 1 is 1.04 bits per heavy atom. The molecule has 0 spiro atoms. The highest BCUT2D eigenvalue weighted by molar-refractivity contribution is 5.60. The smallest absolute Gasteiger partial charge is 0.268 e. The van der Waals surface area contributed by atoms with Gasteiger partial charge in [-0.25, -0.2) is 0 Å². The molecule has 0 unspecified atom stereocenters. The molecule has 1 aliphatic heterocycles. The number of benzene rings is 1. The number of nitriles is 1. The van der Waals surface area contributed by atoms with Crippen molar-refractivity contribution in [3.05, 3.63) is 58.4 Å². The van der Waals surface area contributed by atoms with Gasteiger partial charge in [0.2, 0.25) is 0 Å². The summed E-state index contributed by atoms with van der Waals surface area (Å²) in [6, 6.07) is 15.2. The first kappa shape index (κ1) is 15.5. The maximum atomic E-state index is 12.6. The van der Waals surface area contributed by atoms with Crippen LogP contribution < -0.4 is 5.56 Å². The highest BCUT2D eigenvalue weighted by Crippen LogP contribution is 2.18. The number of hydrogen-bond acceptors (Lipinski definition) is 4. The number of nitrogens with zero attached hydrogens (tertiary/aromatic N) is 3. The van der Waals surface area contributed by atoms with Crippen LogP contribution in [0.2, 0.25) is 0 Å². The van der Waals surface area contributed by atoms with Gasteiger partial charge in [-0.3, -0.25) is 9.69 Å². The van der Waals surface area contributed by atoms with Crippen LogP contribution in [0.3, 0.4) is 0 Å². The van der Waals surface area contributed by atoms with Gasteiger partial charge in [-0.2, -0.15) is 5.26 Å². The average molecular weight is 309 g/mol. The molecule has 1 aromatic carbocycles. The predicted octanol–water partition coefficient (Wildman–Crippen LogP) is 1.72. The van der Waals surface area contributed by atoms with Crippen LogP contribution in [0.5, 0.6) is 0 Å². The van der Waals surface area contributed by atoms with Gasteiger partial charge in [0.05, 0.1) is 18.9 Å². The fourth-order valence-electron chi connectivity index (χ4n) is 2.81. The molecule has 0 atom stereocenters. The molecule has 23 heavy (non-hydrogen) atoms. The van der Waals surface area contributed by atoms with Gasteiger partial charge in [0.25, 0.3) is 5.56 Å². The molecule has 0 saturated carbocycles. The Balaban J connectivity index is 1.92. The summed E-state index contributed by atoms with van der Waals surface area (Å²) < 4.78 is 7.06. The van der Waals surface area contributed by atoms with E-state index in [1.54, 1.807) is 10.6 Å². The topological polar surface area (TPSA) is 58.3 Å². The molecule has 0 bridgehead atoms. The summed E-state index contributed by atoms with van der Waals surface area (Å²) in [7, 11) is 0. The summed E-state index contributed by atoms with van der Waals surface area (Å²) in [6.07, 6.45) is 0. The molecule has 3 rings (SSSR count). The molecule has 0 N–H and O–H groups in total. The lowest BCUT2D eigenvalue weighted by Crippen LogP contribution is -2.39. The van der Waals surface area contributed by atoms with Crippen LogP contribution in [-0.2, 0) is 11.3 Å². The zero-order chi connectivity index (χ0) is 16.1. The molecule has 1 fully saturated rings. The third kappa shape index (κ3) is 3.50. The highest BCUT2D eigenvalue weighted by atomic mass is 16.5. The van der Waals surface area contributed by atoms with Gasteiger partial charge in [-0.05, 0) is 17.7 Å². The molecule has 1 aliphatic rings. The van der Waals surface area contributed by atoms with Crippen molar-refractivity contribution in [2.24, 2.45) is 0 Å². The zero-order valence-electron chi connectivity index (χ0n) is 12.9. The number of ether oxygens (including phenoxy) is 1. The van der Waals surface area contributed by atoms with Gasteiger partial charge in [-0.1, -0.05) is 30.3 Å². The van der Waals surface area contributed by atoms with Crippen LogP contribution in [0, 0.1) is 11.3 Å². The number of pyridine rings is 1. The van der Waals surface area contributed by atoms with Crippen molar-refractivity contribution < 1.29 is 4.74 Å². The van der Waals surface area contributed by atoms with E-state index in [0.29, 0.717) is 6.54 Å². The van der Waals surface area contributed by atoms with Gasteiger partial charge < -0.3 is 9.30 Å². The predicted molar refractivity (Wildman–Crippen MR) is 88.1 cm³/mol. The Morgan fingerprint density at radius 2 is 1.78 bits per heavy atom. The molecule has 1 saturated heterocycles. The van der Waals surface area contributed by atoms with Crippen molar-refractivity contribution in [1.29, 1.82) is 5.26 Å². The minimum absolute atomic E-state index is 0.187. The minimum Gasteiger partial charge on any atom is -0.379 e. The van der Waals surface area contributed by atoms with Gasteiger partial charge >= 0.3 is 0 Å². The van der Waals surface area contributed by atoms with E-state index in [9.17, 15) is 4.79 Å². The molecule has 0 aliphatic carbocycles. The second-order valence-electron chi connectivity index (χ2n) is 5.52. The Hall–Kier alpha value is -2.42. The normalized spacial score (nSPS) is 15.3. The number of rotatable bonds is 4. The fraction of sp³-hybridized carbons (Fsp3) is 0.333. The lowest BCUT2D eigenvalue weighted by atomic mass is 10.1. The van der Waals surface area contributed by atoms with Gasteiger partial charge in [-0.15, -0.1) is 0 Å². The van der Waals surface area contributed by atoms with E-state index in [4.69, 9.17) is 10.00 Å². The Bertz CT molecular complexity index is 756. The van der Waals surface area contributed by atoms with Gasteiger partial charge in [0.1, 0.15) is 11.6 Å². The van der Waals surface area contributed by atoms with Crippen LogP contribution in [-0.4, -0.2) is 42.3 Å². The highest BCUT2D eigenvalue weighted by Gasteiger charge is 2.14. The first-order chi connectivity index (χ1) is 11.3. The average Bonchev–Trinajstić information content (AvgIpc) is 2.62. The van der Waals surface area contributed by atoms with Crippen LogP contribution in [0.25, 0.3) is 11.3 Å². The molecule has 0 amide bonds. The summed E-state index contributed by atoms with van der Waals surface area (Å²) in [5, 5.41) is 9.13. The second kappa shape index (κ2) is 7.23. The van der Waals surface area contributed by atoms with Crippen molar-refractivity contribution in [2.45, 2.75) is 6.54 Å². The van der Waals surface area contributed by atoms with E-state index in [2.05, 4.69) is 4.90 Å². The molecule has 5 nitrogen and oxygen atoms in total. The molecular weight excluding hydrogens is 290 g/mol. The van der Waals surface area contributed by atoms with Crippen molar-refractivity contribution in [3.8, 4) is 17.3 Å². The second-order valence-corrected chi connectivity index (χ2v) is 5.52. The molecular formula is C18H19N3O2. The Morgan fingerprint density at radius 3 is 2.48 bits per heavy atom. The van der Waals surface area contributed by atoms with E-state index in [-0.39, 0.29) is 11.1 Å². The first-order valence-corrected chi connectivity index (χ1v) is 7.79. The summed E-state index contributed by atoms with van der Waals surface area (Å²) >= 11 is 0. The quantitative estimate of drug-likeness (QED) is 0.863. The number of aromatic nitrogens is 1. The lowest BCUT2D eigenvalue weighted by molar-refractivity contribution is 0.0363. The van der Waals surface area contributed by atoms with E-state index >= 15 is 0 Å². The third-order valence-corrected chi connectivity index (χ3v) is 4.11. The van der Waals surface area contributed by atoms with Gasteiger partial charge in [0, 0.05) is 26.2 Å². The van der Waals surface area contributed by atoms with Crippen molar-refractivity contribution in [1.82, 2.24) is 9.47 Å². The monoisotopic (exact) mass is 309 g/mol. The van der Waals surface area contributed by atoms with Crippen molar-refractivity contribution in [2.75, 3.05) is 32.8 Å². The van der Waals surface area contributed by atoms with E-state index in [1.807, 2.05) is 42.5 Å². The maximum Gasteiger partial charge on any atom is 0.268 e. The lowest BCUT2D eigenvalue weighted by Gasteiger charge is -2.27.